The molecule has 0 radical (unpaired) electrons. The zero-order valence-electron chi connectivity index (χ0n) is 11.5. The molecule has 1 unspecified atom stereocenters. The fourth-order valence-corrected chi connectivity index (χ4v) is 2.43. The molecule has 1 aliphatic rings. The number of thiocarbonyl (C=S) groups is 1. The average Bonchev–Trinajstić information content (AvgIpc) is 2.36. The quantitative estimate of drug-likeness (QED) is 0.739. The third-order valence-electron chi connectivity index (χ3n) is 3.66. The van der Waals surface area contributed by atoms with Gasteiger partial charge in [-0.25, -0.2) is 0 Å². The first kappa shape index (κ1) is 15.4. The number of amides is 1. The van der Waals surface area contributed by atoms with E-state index >= 15 is 0 Å². The summed E-state index contributed by atoms with van der Waals surface area (Å²) in [5.41, 5.74) is 5.44. The number of carbonyl (C=O) groups is 1. The molecule has 4 nitrogen and oxygen atoms in total. The van der Waals surface area contributed by atoms with Gasteiger partial charge in [-0.3, -0.25) is 9.69 Å². The van der Waals surface area contributed by atoms with Crippen molar-refractivity contribution in [1.82, 2.24) is 9.80 Å². The van der Waals surface area contributed by atoms with Crippen molar-refractivity contribution >= 4 is 23.1 Å². The molecule has 0 aromatic rings. The summed E-state index contributed by atoms with van der Waals surface area (Å²) >= 11 is 4.82. The summed E-state index contributed by atoms with van der Waals surface area (Å²) in [5.74, 6) is 0.927. The average molecular weight is 271 g/mol. The smallest absolute Gasteiger partial charge is 0.236 e. The second kappa shape index (κ2) is 7.69. The number of piperidine rings is 1. The Labute approximate surface area is 115 Å². The zero-order chi connectivity index (χ0) is 13.5. The molecule has 1 atom stereocenters. The SMILES string of the molecule is CCC1CCCN(CC(=O)N(C)CCC(N)=S)C1. The van der Waals surface area contributed by atoms with Gasteiger partial charge < -0.3 is 10.6 Å². The molecule has 1 rings (SSSR count). The Morgan fingerprint density at radius 3 is 2.89 bits per heavy atom. The molecule has 18 heavy (non-hydrogen) atoms. The third kappa shape index (κ3) is 5.31. The highest BCUT2D eigenvalue weighted by Crippen LogP contribution is 2.18. The summed E-state index contributed by atoms with van der Waals surface area (Å²) in [7, 11) is 1.82. The van der Waals surface area contributed by atoms with Crippen molar-refractivity contribution in [2.24, 2.45) is 11.7 Å². The maximum absolute atomic E-state index is 12.0. The minimum Gasteiger partial charge on any atom is -0.393 e. The van der Waals surface area contributed by atoms with E-state index in [0.717, 1.165) is 19.0 Å². The number of likely N-dealkylation sites (tertiary alicyclic amines) is 1. The second-order valence-electron chi connectivity index (χ2n) is 5.18. The lowest BCUT2D eigenvalue weighted by Gasteiger charge is -2.32. The predicted octanol–water partition coefficient (Wildman–Crippen LogP) is 1.24. The molecule has 1 amide bonds. The topological polar surface area (TPSA) is 49.6 Å². The van der Waals surface area contributed by atoms with Gasteiger partial charge in [-0.15, -0.1) is 0 Å². The molecule has 5 heteroatoms. The molecule has 0 saturated carbocycles. The van der Waals surface area contributed by atoms with Crippen molar-refractivity contribution < 1.29 is 4.79 Å². The lowest BCUT2D eigenvalue weighted by molar-refractivity contribution is -0.131. The third-order valence-corrected chi connectivity index (χ3v) is 3.86. The summed E-state index contributed by atoms with van der Waals surface area (Å²) in [5, 5.41) is 0. The fourth-order valence-electron chi connectivity index (χ4n) is 2.34. The van der Waals surface area contributed by atoms with Gasteiger partial charge in [0.15, 0.2) is 0 Å². The number of carbonyl (C=O) groups excluding carboxylic acids is 1. The molecule has 1 aliphatic heterocycles. The number of nitrogens with zero attached hydrogens (tertiary/aromatic N) is 2. The van der Waals surface area contributed by atoms with Crippen molar-refractivity contribution in [3.05, 3.63) is 0 Å². The minimum absolute atomic E-state index is 0.169. The summed E-state index contributed by atoms with van der Waals surface area (Å²) in [6, 6.07) is 0. The van der Waals surface area contributed by atoms with Crippen LogP contribution in [0.2, 0.25) is 0 Å². The fraction of sp³-hybridized carbons (Fsp3) is 0.846. The second-order valence-corrected chi connectivity index (χ2v) is 5.71. The highest BCUT2D eigenvalue weighted by molar-refractivity contribution is 7.80. The van der Waals surface area contributed by atoms with E-state index < -0.39 is 0 Å². The molecule has 0 spiro atoms. The molecule has 0 aromatic carbocycles. The van der Waals surface area contributed by atoms with Crippen LogP contribution in [-0.2, 0) is 4.79 Å². The zero-order valence-corrected chi connectivity index (χ0v) is 12.3. The van der Waals surface area contributed by atoms with Gasteiger partial charge in [0.25, 0.3) is 0 Å². The summed E-state index contributed by atoms with van der Waals surface area (Å²) in [6.45, 7) is 5.49. The molecule has 2 N–H and O–H groups in total. The Morgan fingerprint density at radius 2 is 2.28 bits per heavy atom. The molecule has 1 heterocycles. The lowest BCUT2D eigenvalue weighted by atomic mass is 9.96. The summed E-state index contributed by atoms with van der Waals surface area (Å²) in [6.07, 6.45) is 4.33. The minimum atomic E-state index is 0.169. The highest BCUT2D eigenvalue weighted by Gasteiger charge is 2.21. The van der Waals surface area contributed by atoms with E-state index in [1.54, 1.807) is 4.90 Å². The molecule has 0 aliphatic carbocycles. The Hall–Kier alpha value is -0.680. The number of hydrogen-bond donors (Lipinski definition) is 1. The van der Waals surface area contributed by atoms with Crippen LogP contribution in [0.4, 0.5) is 0 Å². The monoisotopic (exact) mass is 271 g/mol. The van der Waals surface area contributed by atoms with Crippen molar-refractivity contribution in [3.63, 3.8) is 0 Å². The summed E-state index contributed by atoms with van der Waals surface area (Å²) < 4.78 is 0. The van der Waals surface area contributed by atoms with Crippen LogP contribution < -0.4 is 5.73 Å². The number of hydrogen-bond acceptors (Lipinski definition) is 3. The van der Waals surface area contributed by atoms with E-state index in [1.807, 2.05) is 7.05 Å². The highest BCUT2D eigenvalue weighted by atomic mass is 32.1. The first-order valence-corrected chi connectivity index (χ1v) is 7.18. The van der Waals surface area contributed by atoms with E-state index in [0.29, 0.717) is 24.5 Å². The Kier molecular flexibility index (Phi) is 6.57. The van der Waals surface area contributed by atoms with E-state index in [1.165, 1.54) is 19.3 Å². The molecule has 104 valence electrons. The summed E-state index contributed by atoms with van der Waals surface area (Å²) in [4.78, 5) is 16.5. The van der Waals surface area contributed by atoms with Crippen LogP contribution in [0.1, 0.15) is 32.6 Å². The molecular weight excluding hydrogens is 246 g/mol. The standard InChI is InChI=1S/C13H25N3OS/c1-3-11-5-4-7-16(9-11)10-13(17)15(2)8-6-12(14)18/h11H,3-10H2,1-2H3,(H2,14,18). The van der Waals surface area contributed by atoms with Crippen molar-refractivity contribution in [1.29, 1.82) is 0 Å². The van der Waals surface area contributed by atoms with Gasteiger partial charge in [0, 0.05) is 26.6 Å². The van der Waals surface area contributed by atoms with Crippen LogP contribution in [0.3, 0.4) is 0 Å². The van der Waals surface area contributed by atoms with Crippen LogP contribution in [0.25, 0.3) is 0 Å². The van der Waals surface area contributed by atoms with Crippen molar-refractivity contribution in [2.45, 2.75) is 32.6 Å². The first-order valence-electron chi connectivity index (χ1n) is 6.77. The normalized spacial score (nSPS) is 20.7. The van der Waals surface area contributed by atoms with Crippen molar-refractivity contribution in [3.8, 4) is 0 Å². The van der Waals surface area contributed by atoms with Gasteiger partial charge in [-0.1, -0.05) is 25.6 Å². The lowest BCUT2D eigenvalue weighted by Crippen LogP contribution is -2.43. The van der Waals surface area contributed by atoms with Gasteiger partial charge >= 0.3 is 0 Å². The molecule has 0 bridgehead atoms. The van der Waals surface area contributed by atoms with E-state index in [-0.39, 0.29) is 5.91 Å². The van der Waals surface area contributed by atoms with Gasteiger partial charge in [0.2, 0.25) is 5.91 Å². The van der Waals surface area contributed by atoms with Gasteiger partial charge in [-0.05, 0) is 25.3 Å². The largest absolute Gasteiger partial charge is 0.393 e. The molecule has 0 aromatic heterocycles. The number of rotatable bonds is 6. The van der Waals surface area contributed by atoms with Crippen molar-refractivity contribution in [2.75, 3.05) is 33.2 Å². The van der Waals surface area contributed by atoms with E-state index in [4.69, 9.17) is 18.0 Å². The van der Waals surface area contributed by atoms with Crippen LogP contribution in [0.15, 0.2) is 0 Å². The van der Waals surface area contributed by atoms with E-state index in [2.05, 4.69) is 11.8 Å². The Bertz CT molecular complexity index is 296. The first-order chi connectivity index (χ1) is 8.52. The molecule has 1 fully saturated rings. The predicted molar refractivity (Wildman–Crippen MR) is 78.5 cm³/mol. The maximum Gasteiger partial charge on any atom is 0.236 e. The van der Waals surface area contributed by atoms with Gasteiger partial charge in [0.05, 0.1) is 11.5 Å². The van der Waals surface area contributed by atoms with Gasteiger partial charge in [-0.2, -0.15) is 0 Å². The molecule has 1 saturated heterocycles. The van der Waals surface area contributed by atoms with Crippen LogP contribution in [0, 0.1) is 5.92 Å². The van der Waals surface area contributed by atoms with Crippen LogP contribution >= 0.6 is 12.2 Å². The number of likely N-dealkylation sites (N-methyl/N-ethyl adjacent to an activating group) is 1. The van der Waals surface area contributed by atoms with Crippen LogP contribution in [-0.4, -0.2) is 53.9 Å². The Balaban J connectivity index is 2.32. The van der Waals surface area contributed by atoms with Crippen LogP contribution in [0.5, 0.6) is 0 Å². The molecular formula is C13H25N3OS. The number of nitrogens with two attached hydrogens (primary N) is 1. The maximum atomic E-state index is 12.0. The van der Waals surface area contributed by atoms with E-state index in [9.17, 15) is 4.79 Å². The van der Waals surface area contributed by atoms with Gasteiger partial charge in [0.1, 0.15) is 0 Å². The Morgan fingerprint density at radius 1 is 1.56 bits per heavy atom.